The largest absolute Gasteiger partial charge is 0.393 e. The van der Waals surface area contributed by atoms with Gasteiger partial charge in [-0.15, -0.1) is 0 Å². The van der Waals surface area contributed by atoms with E-state index in [1.54, 1.807) is 0 Å². The number of aliphatic hydroxyl groups excluding tert-OH is 1. The normalized spacial score (nSPS) is 31.5. The minimum Gasteiger partial charge on any atom is -0.393 e. The molecule has 0 amide bonds. The molecule has 1 aromatic carbocycles. The van der Waals surface area contributed by atoms with Gasteiger partial charge in [-0.2, -0.15) is 0 Å². The van der Waals surface area contributed by atoms with Crippen LogP contribution in [-0.2, 0) is 0 Å². The maximum absolute atomic E-state index is 9.81. The number of halogens is 1. The van der Waals surface area contributed by atoms with Gasteiger partial charge in [-0.3, -0.25) is 0 Å². The van der Waals surface area contributed by atoms with E-state index >= 15 is 0 Å². The van der Waals surface area contributed by atoms with E-state index in [0.29, 0.717) is 12.0 Å². The summed E-state index contributed by atoms with van der Waals surface area (Å²) in [4.78, 5) is 0. The molecule has 2 rings (SSSR count). The predicted octanol–water partition coefficient (Wildman–Crippen LogP) is 2.48. The highest BCUT2D eigenvalue weighted by atomic mass is 79.9. The van der Waals surface area contributed by atoms with Gasteiger partial charge in [0.25, 0.3) is 0 Å². The Labute approximate surface area is 98.8 Å². The zero-order valence-electron chi connectivity index (χ0n) is 8.78. The third-order valence-corrected chi connectivity index (χ3v) is 3.62. The molecule has 0 radical (unpaired) electrons. The molecule has 82 valence electrons. The predicted molar refractivity (Wildman–Crippen MR) is 64.7 cm³/mol. The number of hydrogen-bond donors (Lipinski definition) is 2. The summed E-state index contributed by atoms with van der Waals surface area (Å²) >= 11 is 3.42. The molecule has 1 fully saturated rings. The van der Waals surface area contributed by atoms with E-state index in [2.05, 4.69) is 40.3 Å². The van der Waals surface area contributed by atoms with Crippen LogP contribution in [0.5, 0.6) is 0 Å². The molecular formula is C12H16BrNO. The molecule has 1 unspecified atom stereocenters. The molecule has 2 nitrogen and oxygen atoms in total. The van der Waals surface area contributed by atoms with Crippen molar-refractivity contribution in [3.05, 3.63) is 34.3 Å². The summed E-state index contributed by atoms with van der Waals surface area (Å²) in [6.45, 7) is 2.97. The van der Waals surface area contributed by atoms with E-state index < -0.39 is 0 Å². The van der Waals surface area contributed by atoms with Gasteiger partial charge >= 0.3 is 0 Å². The molecule has 1 aliphatic heterocycles. The first kappa shape index (κ1) is 11.1. The lowest BCUT2D eigenvalue weighted by Crippen LogP contribution is -2.40. The molecule has 3 heteroatoms. The SMILES string of the molecule is C[C@@H]1CN[C@@H](c2ccc(Br)cc2)CC1O. The van der Waals surface area contributed by atoms with Gasteiger partial charge in [0, 0.05) is 17.1 Å². The van der Waals surface area contributed by atoms with E-state index in [1.165, 1.54) is 5.56 Å². The molecule has 1 heterocycles. The van der Waals surface area contributed by atoms with Crippen LogP contribution in [0, 0.1) is 5.92 Å². The molecule has 0 spiro atoms. The summed E-state index contributed by atoms with van der Waals surface area (Å²) < 4.78 is 1.09. The fourth-order valence-corrected chi connectivity index (χ4v) is 2.23. The van der Waals surface area contributed by atoms with Gasteiger partial charge in [-0.05, 0) is 30.0 Å². The summed E-state index contributed by atoms with van der Waals surface area (Å²) in [6, 6.07) is 8.59. The van der Waals surface area contributed by atoms with Crippen LogP contribution in [0.4, 0.5) is 0 Å². The molecule has 1 aliphatic rings. The van der Waals surface area contributed by atoms with Crippen molar-refractivity contribution in [2.75, 3.05) is 6.54 Å². The highest BCUT2D eigenvalue weighted by Gasteiger charge is 2.26. The maximum Gasteiger partial charge on any atom is 0.0596 e. The minimum absolute atomic E-state index is 0.181. The van der Waals surface area contributed by atoms with Crippen LogP contribution in [-0.4, -0.2) is 17.8 Å². The van der Waals surface area contributed by atoms with Gasteiger partial charge in [0.05, 0.1) is 6.10 Å². The lowest BCUT2D eigenvalue weighted by Gasteiger charge is -2.32. The second-order valence-corrected chi connectivity index (χ2v) is 5.21. The Kier molecular flexibility index (Phi) is 3.44. The van der Waals surface area contributed by atoms with Crippen molar-refractivity contribution in [3.8, 4) is 0 Å². The molecule has 0 aliphatic carbocycles. The van der Waals surface area contributed by atoms with Crippen LogP contribution in [0.15, 0.2) is 28.7 Å². The number of aliphatic hydroxyl groups is 1. The molecule has 2 N–H and O–H groups in total. The van der Waals surface area contributed by atoms with Gasteiger partial charge < -0.3 is 10.4 Å². The average molecular weight is 270 g/mol. The third-order valence-electron chi connectivity index (χ3n) is 3.09. The number of benzene rings is 1. The van der Waals surface area contributed by atoms with Crippen molar-refractivity contribution in [3.63, 3.8) is 0 Å². The Hall–Kier alpha value is -0.380. The first-order valence-electron chi connectivity index (χ1n) is 5.33. The van der Waals surface area contributed by atoms with Crippen molar-refractivity contribution >= 4 is 15.9 Å². The Morgan fingerprint density at radius 2 is 2.00 bits per heavy atom. The highest BCUT2D eigenvalue weighted by Crippen LogP contribution is 2.26. The zero-order chi connectivity index (χ0) is 10.8. The second kappa shape index (κ2) is 4.64. The topological polar surface area (TPSA) is 32.3 Å². The van der Waals surface area contributed by atoms with Crippen LogP contribution >= 0.6 is 15.9 Å². The van der Waals surface area contributed by atoms with E-state index in [9.17, 15) is 5.11 Å². The first-order chi connectivity index (χ1) is 7.16. The quantitative estimate of drug-likeness (QED) is 0.821. The zero-order valence-corrected chi connectivity index (χ0v) is 10.4. The van der Waals surface area contributed by atoms with Gasteiger partial charge in [0.15, 0.2) is 0 Å². The van der Waals surface area contributed by atoms with Crippen LogP contribution in [0.2, 0.25) is 0 Å². The Balaban J connectivity index is 2.08. The second-order valence-electron chi connectivity index (χ2n) is 4.29. The Morgan fingerprint density at radius 3 is 2.60 bits per heavy atom. The standard InChI is InChI=1S/C12H16BrNO/c1-8-7-14-11(6-12(8)15)9-2-4-10(13)5-3-9/h2-5,8,11-12,14-15H,6-7H2,1H3/t8-,11-,12?/m1/s1. The summed E-state index contributed by atoms with van der Waals surface area (Å²) in [5.41, 5.74) is 1.25. The molecule has 3 atom stereocenters. The number of hydrogen-bond acceptors (Lipinski definition) is 2. The van der Waals surface area contributed by atoms with Crippen molar-refractivity contribution in [1.29, 1.82) is 0 Å². The van der Waals surface area contributed by atoms with Crippen LogP contribution < -0.4 is 5.32 Å². The van der Waals surface area contributed by atoms with E-state index in [1.807, 2.05) is 12.1 Å². The summed E-state index contributed by atoms with van der Waals surface area (Å²) in [5.74, 6) is 0.358. The Morgan fingerprint density at radius 1 is 1.33 bits per heavy atom. The van der Waals surface area contributed by atoms with Crippen molar-refractivity contribution < 1.29 is 5.11 Å². The van der Waals surface area contributed by atoms with Crippen LogP contribution in [0.3, 0.4) is 0 Å². The van der Waals surface area contributed by atoms with Crippen molar-refractivity contribution in [1.82, 2.24) is 5.32 Å². The number of rotatable bonds is 1. The number of nitrogens with one attached hydrogen (secondary N) is 1. The van der Waals surface area contributed by atoms with Gasteiger partial charge in [0.1, 0.15) is 0 Å². The van der Waals surface area contributed by atoms with E-state index in [0.717, 1.165) is 17.4 Å². The first-order valence-corrected chi connectivity index (χ1v) is 6.13. The average Bonchev–Trinajstić information content (AvgIpc) is 2.23. The monoisotopic (exact) mass is 269 g/mol. The fraction of sp³-hybridized carbons (Fsp3) is 0.500. The Bertz CT molecular complexity index is 325. The van der Waals surface area contributed by atoms with Gasteiger partial charge in [0.2, 0.25) is 0 Å². The molecule has 0 saturated carbocycles. The summed E-state index contributed by atoms with van der Waals surface area (Å²) in [7, 11) is 0. The molecule has 15 heavy (non-hydrogen) atoms. The van der Waals surface area contributed by atoms with Crippen molar-refractivity contribution in [2.45, 2.75) is 25.5 Å². The molecule has 0 bridgehead atoms. The number of piperidine rings is 1. The maximum atomic E-state index is 9.81. The fourth-order valence-electron chi connectivity index (χ4n) is 1.97. The highest BCUT2D eigenvalue weighted by molar-refractivity contribution is 9.10. The van der Waals surface area contributed by atoms with E-state index in [4.69, 9.17) is 0 Å². The molecule has 0 aromatic heterocycles. The molecule has 1 aromatic rings. The van der Waals surface area contributed by atoms with Crippen molar-refractivity contribution in [2.24, 2.45) is 5.92 Å². The lowest BCUT2D eigenvalue weighted by atomic mass is 9.89. The molecular weight excluding hydrogens is 254 g/mol. The lowest BCUT2D eigenvalue weighted by molar-refractivity contribution is 0.0689. The van der Waals surface area contributed by atoms with Gasteiger partial charge in [-0.25, -0.2) is 0 Å². The van der Waals surface area contributed by atoms with Crippen LogP contribution in [0.1, 0.15) is 24.9 Å². The van der Waals surface area contributed by atoms with E-state index in [-0.39, 0.29) is 6.10 Å². The summed E-state index contributed by atoms with van der Waals surface area (Å²) in [6.07, 6.45) is 0.628. The summed E-state index contributed by atoms with van der Waals surface area (Å²) in [5, 5.41) is 13.3. The smallest absolute Gasteiger partial charge is 0.0596 e. The third kappa shape index (κ3) is 2.60. The van der Waals surface area contributed by atoms with Gasteiger partial charge in [-0.1, -0.05) is 35.0 Å². The van der Waals surface area contributed by atoms with Crippen LogP contribution in [0.25, 0.3) is 0 Å². The minimum atomic E-state index is -0.181. The molecule has 1 saturated heterocycles.